The van der Waals surface area contributed by atoms with Gasteiger partial charge in [0.15, 0.2) is 0 Å². The van der Waals surface area contributed by atoms with Crippen molar-refractivity contribution in [1.29, 1.82) is 0 Å². The quantitative estimate of drug-likeness (QED) is 0.194. The molecule has 0 radical (unpaired) electrons. The average molecular weight is 522 g/mol. The molecule has 9 heteroatoms. The molecule has 0 unspecified atom stereocenters. The molecule has 1 aromatic heterocycles. The summed E-state index contributed by atoms with van der Waals surface area (Å²) in [5, 5.41) is 7.01. The summed E-state index contributed by atoms with van der Waals surface area (Å²) < 4.78 is 18.4. The van der Waals surface area contributed by atoms with Crippen molar-refractivity contribution >= 4 is 47.1 Å². The lowest BCUT2D eigenvalue weighted by Gasteiger charge is -2.11. The Kier molecular flexibility index (Phi) is 8.54. The number of hydrazone groups is 1. The zero-order valence-electron chi connectivity index (χ0n) is 18.9. The molecule has 0 aliphatic heterocycles. The van der Waals surface area contributed by atoms with Crippen LogP contribution < -0.4 is 10.7 Å². The van der Waals surface area contributed by atoms with Crippen LogP contribution >= 0.6 is 23.4 Å². The van der Waals surface area contributed by atoms with E-state index in [1.807, 2.05) is 30.3 Å². The molecule has 2 amide bonds. The molecule has 0 saturated carbocycles. The number of amides is 2. The first kappa shape index (κ1) is 25.2. The van der Waals surface area contributed by atoms with E-state index in [4.69, 9.17) is 16.0 Å². The maximum atomic E-state index is 13.0. The molecule has 0 aliphatic rings. The maximum Gasteiger partial charge on any atom is 0.273 e. The Morgan fingerprint density at radius 2 is 1.81 bits per heavy atom. The second kappa shape index (κ2) is 12.2. The molecule has 0 spiro atoms. The van der Waals surface area contributed by atoms with Gasteiger partial charge < -0.3 is 9.73 Å². The zero-order valence-corrected chi connectivity index (χ0v) is 20.5. The Hall–Kier alpha value is -3.88. The van der Waals surface area contributed by atoms with Gasteiger partial charge in [0.1, 0.15) is 11.6 Å². The summed E-state index contributed by atoms with van der Waals surface area (Å²) in [6, 6.07) is 21.3. The third kappa shape index (κ3) is 7.07. The Morgan fingerprint density at radius 3 is 2.58 bits per heavy atom. The third-order valence-electron chi connectivity index (χ3n) is 5.01. The second-order valence-electron chi connectivity index (χ2n) is 7.67. The van der Waals surface area contributed by atoms with Crippen LogP contribution in [0.4, 0.5) is 10.1 Å². The smallest absolute Gasteiger partial charge is 0.273 e. The van der Waals surface area contributed by atoms with Crippen molar-refractivity contribution < 1.29 is 18.4 Å². The van der Waals surface area contributed by atoms with Crippen molar-refractivity contribution in [1.82, 2.24) is 5.43 Å². The number of carbonyl (C=O) groups excluding carboxylic acids is 2. The zero-order chi connectivity index (χ0) is 25.3. The number of nitrogens with one attached hydrogen (secondary N) is 2. The fraction of sp³-hybridized carbons (Fsp3) is 0.0741. The SMILES string of the molecule is O=C(Nc1ccc(Cl)cc1C(=O)N/N=C/c1ccc(F)cc1)c1cccc(CSCc2ccco2)c1. The number of thioether (sulfide) groups is 1. The van der Waals surface area contributed by atoms with Crippen LogP contribution in [-0.4, -0.2) is 18.0 Å². The van der Waals surface area contributed by atoms with Crippen molar-refractivity contribution in [2.45, 2.75) is 11.5 Å². The Balaban J connectivity index is 1.41. The van der Waals surface area contributed by atoms with E-state index in [-0.39, 0.29) is 23.0 Å². The molecule has 36 heavy (non-hydrogen) atoms. The first-order valence-electron chi connectivity index (χ1n) is 10.9. The first-order chi connectivity index (χ1) is 17.5. The van der Waals surface area contributed by atoms with Gasteiger partial charge in [-0.15, -0.1) is 11.8 Å². The van der Waals surface area contributed by atoms with Gasteiger partial charge in [0, 0.05) is 16.3 Å². The molecule has 4 aromatic rings. The summed E-state index contributed by atoms with van der Waals surface area (Å²) >= 11 is 7.77. The summed E-state index contributed by atoms with van der Waals surface area (Å²) in [6.45, 7) is 0. The molecule has 3 aromatic carbocycles. The van der Waals surface area contributed by atoms with Gasteiger partial charge in [0.2, 0.25) is 0 Å². The molecule has 0 atom stereocenters. The van der Waals surface area contributed by atoms with Gasteiger partial charge in [0.25, 0.3) is 11.8 Å². The van der Waals surface area contributed by atoms with Crippen LogP contribution in [0.2, 0.25) is 5.02 Å². The lowest BCUT2D eigenvalue weighted by atomic mass is 10.1. The Morgan fingerprint density at radius 1 is 0.972 bits per heavy atom. The number of carbonyl (C=O) groups is 2. The van der Waals surface area contributed by atoms with E-state index < -0.39 is 5.91 Å². The molecule has 0 fully saturated rings. The molecule has 1 heterocycles. The normalized spacial score (nSPS) is 10.9. The summed E-state index contributed by atoms with van der Waals surface area (Å²) in [7, 11) is 0. The lowest BCUT2D eigenvalue weighted by molar-refractivity contribution is 0.0956. The topological polar surface area (TPSA) is 83.7 Å². The minimum absolute atomic E-state index is 0.150. The first-order valence-corrected chi connectivity index (χ1v) is 12.4. The number of nitrogens with zero attached hydrogens (tertiary/aromatic N) is 1. The standard InChI is InChI=1S/C27H21ClFN3O3S/c28-21-8-11-25(24(14-21)27(34)32-30-15-18-6-9-22(29)10-7-18)31-26(33)20-4-1-3-19(13-20)16-36-17-23-5-2-12-35-23/h1-15H,16-17H2,(H,31,33)(H,32,34)/b30-15+. The highest BCUT2D eigenvalue weighted by Gasteiger charge is 2.15. The van der Waals surface area contributed by atoms with Crippen molar-refractivity contribution in [3.63, 3.8) is 0 Å². The summed E-state index contributed by atoms with van der Waals surface area (Å²) in [5.41, 5.74) is 4.90. The number of hydrogen-bond acceptors (Lipinski definition) is 5. The molecule has 4 rings (SSSR count). The summed E-state index contributed by atoms with van der Waals surface area (Å²) in [4.78, 5) is 25.7. The van der Waals surface area contributed by atoms with Crippen LogP contribution in [0.15, 0.2) is 94.6 Å². The summed E-state index contributed by atoms with van der Waals surface area (Å²) in [6.07, 6.45) is 3.03. The van der Waals surface area contributed by atoms with Crippen LogP contribution in [-0.2, 0) is 11.5 Å². The number of rotatable bonds is 9. The molecule has 0 aliphatic carbocycles. The highest BCUT2D eigenvalue weighted by Crippen LogP contribution is 2.23. The summed E-state index contributed by atoms with van der Waals surface area (Å²) in [5.74, 6) is 1.05. The second-order valence-corrected chi connectivity index (χ2v) is 9.09. The van der Waals surface area contributed by atoms with E-state index in [0.29, 0.717) is 21.9 Å². The van der Waals surface area contributed by atoms with Gasteiger partial charge in [0.05, 0.1) is 29.5 Å². The minimum atomic E-state index is -0.561. The van der Waals surface area contributed by atoms with Crippen LogP contribution in [0.3, 0.4) is 0 Å². The highest BCUT2D eigenvalue weighted by molar-refractivity contribution is 7.97. The largest absolute Gasteiger partial charge is 0.468 e. The predicted molar refractivity (Wildman–Crippen MR) is 141 cm³/mol. The van der Waals surface area contributed by atoms with Gasteiger partial charge >= 0.3 is 0 Å². The fourth-order valence-electron chi connectivity index (χ4n) is 3.25. The fourth-order valence-corrected chi connectivity index (χ4v) is 4.30. The number of furan rings is 1. The van der Waals surface area contributed by atoms with E-state index in [9.17, 15) is 14.0 Å². The molecule has 2 N–H and O–H groups in total. The van der Waals surface area contributed by atoms with Gasteiger partial charge in [-0.1, -0.05) is 35.9 Å². The third-order valence-corrected chi connectivity index (χ3v) is 6.27. The number of anilines is 1. The van der Waals surface area contributed by atoms with Gasteiger partial charge in [-0.25, -0.2) is 9.82 Å². The van der Waals surface area contributed by atoms with E-state index in [0.717, 1.165) is 17.1 Å². The van der Waals surface area contributed by atoms with Crippen molar-refractivity contribution in [2.75, 3.05) is 5.32 Å². The molecule has 0 bridgehead atoms. The van der Waals surface area contributed by atoms with Gasteiger partial charge in [-0.2, -0.15) is 5.10 Å². The van der Waals surface area contributed by atoms with Gasteiger partial charge in [-0.05, 0) is 65.7 Å². The molecule has 0 saturated heterocycles. The molecule has 182 valence electrons. The molecule has 6 nitrogen and oxygen atoms in total. The predicted octanol–water partition coefficient (Wildman–Crippen LogP) is 6.52. The Labute approximate surface area is 216 Å². The maximum absolute atomic E-state index is 13.0. The van der Waals surface area contributed by atoms with Crippen molar-refractivity contribution in [3.8, 4) is 0 Å². The van der Waals surface area contributed by atoms with E-state index in [1.165, 1.54) is 36.5 Å². The number of hydrogen-bond donors (Lipinski definition) is 2. The van der Waals surface area contributed by atoms with E-state index in [2.05, 4.69) is 15.8 Å². The van der Waals surface area contributed by atoms with Crippen molar-refractivity contribution in [3.05, 3.63) is 124 Å². The van der Waals surface area contributed by atoms with Gasteiger partial charge in [-0.3, -0.25) is 9.59 Å². The lowest BCUT2D eigenvalue weighted by Crippen LogP contribution is -2.21. The highest BCUT2D eigenvalue weighted by atomic mass is 35.5. The van der Waals surface area contributed by atoms with Crippen LogP contribution in [0.25, 0.3) is 0 Å². The number of benzene rings is 3. The molecular formula is C27H21ClFN3O3S. The minimum Gasteiger partial charge on any atom is -0.468 e. The van der Waals surface area contributed by atoms with E-state index >= 15 is 0 Å². The monoisotopic (exact) mass is 521 g/mol. The molecular weight excluding hydrogens is 501 g/mol. The average Bonchev–Trinajstić information content (AvgIpc) is 3.40. The van der Waals surface area contributed by atoms with Crippen LogP contribution in [0, 0.1) is 5.82 Å². The van der Waals surface area contributed by atoms with Crippen LogP contribution in [0.5, 0.6) is 0 Å². The van der Waals surface area contributed by atoms with Crippen LogP contribution in [0.1, 0.15) is 37.6 Å². The van der Waals surface area contributed by atoms with E-state index in [1.54, 1.807) is 36.2 Å². The number of halogens is 2. The Bertz CT molecular complexity index is 1380. The van der Waals surface area contributed by atoms with Crippen molar-refractivity contribution in [2.24, 2.45) is 5.10 Å².